The highest BCUT2D eigenvalue weighted by atomic mass is 35.5. The average molecular weight is 299 g/mol. The van der Waals surface area contributed by atoms with E-state index >= 15 is 0 Å². The van der Waals surface area contributed by atoms with Crippen LogP contribution in [-0.2, 0) is 14.3 Å². The number of carbonyl (C=O) groups excluding carboxylic acids is 2. The van der Waals surface area contributed by atoms with Gasteiger partial charge in [0.2, 0.25) is 0 Å². The van der Waals surface area contributed by atoms with E-state index in [2.05, 4.69) is 10.9 Å². The summed E-state index contributed by atoms with van der Waals surface area (Å²) in [4.78, 5) is 23.0. The SMILES string of the molecule is O=C(COc1ccc(Cl)cc1)NNC(=O)[C@@H]1CCCO1. The van der Waals surface area contributed by atoms with Crippen LogP contribution in [0.25, 0.3) is 0 Å². The molecule has 1 atom stereocenters. The summed E-state index contributed by atoms with van der Waals surface area (Å²) in [6.45, 7) is 0.374. The highest BCUT2D eigenvalue weighted by Crippen LogP contribution is 2.15. The number of amides is 2. The maximum Gasteiger partial charge on any atom is 0.276 e. The van der Waals surface area contributed by atoms with Gasteiger partial charge in [0.05, 0.1) is 0 Å². The van der Waals surface area contributed by atoms with Crippen LogP contribution in [0.3, 0.4) is 0 Å². The van der Waals surface area contributed by atoms with Crippen molar-refractivity contribution in [1.29, 1.82) is 0 Å². The Balaban J connectivity index is 1.67. The number of rotatable bonds is 4. The molecule has 1 saturated heterocycles. The first-order valence-electron chi connectivity index (χ1n) is 6.24. The number of halogens is 1. The third-order valence-corrected chi connectivity index (χ3v) is 2.98. The molecule has 0 aromatic heterocycles. The molecule has 0 aliphatic carbocycles. The van der Waals surface area contributed by atoms with E-state index in [1.54, 1.807) is 24.3 Å². The lowest BCUT2D eigenvalue weighted by molar-refractivity contribution is -0.135. The Labute approximate surface area is 121 Å². The Morgan fingerprint density at radius 2 is 2.05 bits per heavy atom. The van der Waals surface area contributed by atoms with Gasteiger partial charge in [0.1, 0.15) is 11.9 Å². The summed E-state index contributed by atoms with van der Waals surface area (Å²) in [7, 11) is 0. The smallest absolute Gasteiger partial charge is 0.276 e. The van der Waals surface area contributed by atoms with E-state index in [4.69, 9.17) is 21.1 Å². The lowest BCUT2D eigenvalue weighted by Gasteiger charge is -2.11. The number of ether oxygens (including phenoxy) is 2. The molecule has 20 heavy (non-hydrogen) atoms. The minimum absolute atomic E-state index is 0.201. The minimum Gasteiger partial charge on any atom is -0.484 e. The summed E-state index contributed by atoms with van der Waals surface area (Å²) in [5.74, 6) is -0.274. The van der Waals surface area contributed by atoms with E-state index in [1.807, 2.05) is 0 Å². The minimum atomic E-state index is -0.479. The number of benzene rings is 1. The molecule has 1 fully saturated rings. The van der Waals surface area contributed by atoms with Gasteiger partial charge in [-0.2, -0.15) is 0 Å². The van der Waals surface area contributed by atoms with E-state index < -0.39 is 12.0 Å². The number of hydrogen-bond donors (Lipinski definition) is 2. The first kappa shape index (κ1) is 14.6. The summed E-state index contributed by atoms with van der Waals surface area (Å²) < 4.78 is 10.4. The number of nitrogens with one attached hydrogen (secondary N) is 2. The molecule has 1 heterocycles. The summed E-state index contributed by atoms with van der Waals surface area (Å²) in [6.07, 6.45) is 1.04. The van der Waals surface area contributed by atoms with Crippen LogP contribution in [0, 0.1) is 0 Å². The molecule has 0 saturated carbocycles. The van der Waals surface area contributed by atoms with Gasteiger partial charge in [-0.05, 0) is 37.1 Å². The van der Waals surface area contributed by atoms with Crippen LogP contribution >= 0.6 is 11.6 Å². The van der Waals surface area contributed by atoms with Crippen molar-refractivity contribution < 1.29 is 19.1 Å². The molecule has 1 aromatic carbocycles. The Bertz CT molecular complexity index is 472. The van der Waals surface area contributed by atoms with Crippen molar-refractivity contribution in [3.05, 3.63) is 29.3 Å². The Morgan fingerprint density at radius 3 is 2.70 bits per heavy atom. The number of hydrazine groups is 1. The van der Waals surface area contributed by atoms with Crippen molar-refractivity contribution in [2.24, 2.45) is 0 Å². The van der Waals surface area contributed by atoms with Crippen LogP contribution in [0.2, 0.25) is 5.02 Å². The second kappa shape index (κ2) is 7.12. The van der Waals surface area contributed by atoms with Gasteiger partial charge in [0, 0.05) is 11.6 Å². The standard InChI is InChI=1S/C13H15ClN2O4/c14-9-3-5-10(6-4-9)20-8-12(17)15-16-13(18)11-2-1-7-19-11/h3-6,11H,1-2,7-8H2,(H,15,17)(H,16,18)/t11-/m0/s1. The normalized spacial score (nSPS) is 17.6. The third kappa shape index (κ3) is 4.40. The van der Waals surface area contributed by atoms with Crippen LogP contribution in [0.15, 0.2) is 24.3 Å². The molecule has 1 aliphatic heterocycles. The van der Waals surface area contributed by atoms with Crippen LogP contribution < -0.4 is 15.6 Å². The predicted molar refractivity (Wildman–Crippen MR) is 72.2 cm³/mol. The van der Waals surface area contributed by atoms with Crippen molar-refractivity contribution in [2.75, 3.05) is 13.2 Å². The highest BCUT2D eigenvalue weighted by Gasteiger charge is 2.23. The topological polar surface area (TPSA) is 76.7 Å². The molecule has 2 amide bonds. The molecule has 0 bridgehead atoms. The fraction of sp³-hybridized carbons (Fsp3) is 0.385. The van der Waals surface area contributed by atoms with Gasteiger partial charge in [-0.25, -0.2) is 0 Å². The maximum atomic E-state index is 11.6. The van der Waals surface area contributed by atoms with Crippen molar-refractivity contribution in [2.45, 2.75) is 18.9 Å². The van der Waals surface area contributed by atoms with Gasteiger partial charge in [0.25, 0.3) is 11.8 Å². The van der Waals surface area contributed by atoms with E-state index in [1.165, 1.54) is 0 Å². The third-order valence-electron chi connectivity index (χ3n) is 2.73. The van der Waals surface area contributed by atoms with Crippen LogP contribution in [0.5, 0.6) is 5.75 Å². The lowest BCUT2D eigenvalue weighted by atomic mass is 10.2. The van der Waals surface area contributed by atoms with Crippen molar-refractivity contribution in [3.63, 3.8) is 0 Å². The molecular formula is C13H15ClN2O4. The van der Waals surface area contributed by atoms with Crippen molar-refractivity contribution in [1.82, 2.24) is 10.9 Å². The van der Waals surface area contributed by atoms with E-state index in [0.717, 1.165) is 6.42 Å². The average Bonchev–Trinajstić information content (AvgIpc) is 2.98. The van der Waals surface area contributed by atoms with Crippen LogP contribution in [0.1, 0.15) is 12.8 Å². The summed E-state index contributed by atoms with van der Waals surface area (Å²) in [6, 6.07) is 6.63. The maximum absolute atomic E-state index is 11.6. The Hall–Kier alpha value is -1.79. The lowest BCUT2D eigenvalue weighted by Crippen LogP contribution is -2.47. The van der Waals surface area contributed by atoms with E-state index in [-0.39, 0.29) is 12.5 Å². The fourth-order valence-corrected chi connectivity index (χ4v) is 1.84. The highest BCUT2D eigenvalue weighted by molar-refractivity contribution is 6.30. The molecular weight excluding hydrogens is 284 g/mol. The zero-order valence-electron chi connectivity index (χ0n) is 10.7. The summed E-state index contributed by atoms with van der Waals surface area (Å²) in [5.41, 5.74) is 4.58. The molecule has 0 unspecified atom stereocenters. The Morgan fingerprint density at radius 1 is 1.30 bits per heavy atom. The molecule has 2 N–H and O–H groups in total. The van der Waals surface area contributed by atoms with Crippen molar-refractivity contribution >= 4 is 23.4 Å². The zero-order valence-corrected chi connectivity index (χ0v) is 11.5. The van der Waals surface area contributed by atoms with Gasteiger partial charge in [-0.3, -0.25) is 20.4 Å². The number of carbonyl (C=O) groups is 2. The molecule has 2 rings (SSSR count). The largest absolute Gasteiger partial charge is 0.484 e. The van der Waals surface area contributed by atoms with Gasteiger partial charge >= 0.3 is 0 Å². The van der Waals surface area contributed by atoms with Gasteiger partial charge in [-0.15, -0.1) is 0 Å². The molecule has 6 nitrogen and oxygen atoms in total. The Kier molecular flexibility index (Phi) is 5.20. The zero-order chi connectivity index (χ0) is 14.4. The van der Waals surface area contributed by atoms with Crippen LogP contribution in [0.4, 0.5) is 0 Å². The summed E-state index contributed by atoms with van der Waals surface area (Å²) >= 11 is 5.73. The van der Waals surface area contributed by atoms with E-state index in [9.17, 15) is 9.59 Å². The van der Waals surface area contributed by atoms with Crippen molar-refractivity contribution in [3.8, 4) is 5.75 Å². The molecule has 7 heteroatoms. The second-order valence-corrected chi connectivity index (χ2v) is 4.72. The van der Waals surface area contributed by atoms with Gasteiger partial charge in [0.15, 0.2) is 6.61 Å². The molecule has 1 aromatic rings. The molecule has 0 spiro atoms. The second-order valence-electron chi connectivity index (χ2n) is 4.28. The first-order chi connectivity index (χ1) is 9.65. The predicted octanol–water partition coefficient (Wildman–Crippen LogP) is 1.05. The quantitative estimate of drug-likeness (QED) is 0.815. The monoisotopic (exact) mass is 298 g/mol. The van der Waals surface area contributed by atoms with Gasteiger partial charge in [-0.1, -0.05) is 11.6 Å². The summed E-state index contributed by atoms with van der Waals surface area (Å²) in [5, 5.41) is 0.589. The van der Waals surface area contributed by atoms with Crippen LogP contribution in [-0.4, -0.2) is 31.1 Å². The van der Waals surface area contributed by atoms with E-state index in [0.29, 0.717) is 23.8 Å². The molecule has 108 valence electrons. The first-order valence-corrected chi connectivity index (χ1v) is 6.61. The fourth-order valence-electron chi connectivity index (χ4n) is 1.71. The van der Waals surface area contributed by atoms with Gasteiger partial charge < -0.3 is 9.47 Å². The molecule has 1 aliphatic rings. The molecule has 0 radical (unpaired) electrons. The number of hydrogen-bond acceptors (Lipinski definition) is 4.